The molecule has 1 saturated heterocycles. The summed E-state index contributed by atoms with van der Waals surface area (Å²) in [5.74, 6) is 0.478. The molecule has 1 aromatic carbocycles. The van der Waals surface area contributed by atoms with E-state index in [1.165, 1.54) is 19.3 Å². The van der Waals surface area contributed by atoms with Gasteiger partial charge in [-0.25, -0.2) is 4.39 Å². The minimum Gasteiger partial charge on any atom is -0.496 e. The molecule has 1 fully saturated rings. The minimum atomic E-state index is -0.171. The topological polar surface area (TPSA) is 21.3 Å². The van der Waals surface area contributed by atoms with Crippen LogP contribution in [0.1, 0.15) is 30.4 Å². The molecule has 0 spiro atoms. The predicted octanol–water partition coefficient (Wildman–Crippen LogP) is 2.83. The van der Waals surface area contributed by atoms with Crippen molar-refractivity contribution in [3.63, 3.8) is 0 Å². The number of piperidine rings is 1. The first-order valence-electron chi connectivity index (χ1n) is 6.27. The Balaban J connectivity index is 2.12. The lowest BCUT2D eigenvalue weighted by Gasteiger charge is -2.23. The summed E-state index contributed by atoms with van der Waals surface area (Å²) in [5.41, 5.74) is 1.61. The van der Waals surface area contributed by atoms with E-state index in [2.05, 4.69) is 5.32 Å². The van der Waals surface area contributed by atoms with Gasteiger partial charge in [-0.2, -0.15) is 0 Å². The van der Waals surface area contributed by atoms with Gasteiger partial charge >= 0.3 is 0 Å². The van der Waals surface area contributed by atoms with Crippen LogP contribution in [-0.2, 0) is 6.42 Å². The fourth-order valence-corrected chi connectivity index (χ4v) is 2.42. The maximum Gasteiger partial charge on any atom is 0.130 e. The standard InChI is InChI=1S/C14H20FNO/c1-10-13(15)8-11(9-14(10)17-2)7-12-5-3-4-6-16-12/h8-9,12,16H,3-7H2,1-2H3. The molecule has 1 atom stereocenters. The molecule has 1 N–H and O–H groups in total. The Kier molecular flexibility index (Phi) is 4.00. The molecule has 94 valence electrons. The highest BCUT2D eigenvalue weighted by molar-refractivity contribution is 5.38. The second-order valence-electron chi connectivity index (χ2n) is 4.76. The Labute approximate surface area is 102 Å². The average Bonchev–Trinajstić information content (AvgIpc) is 2.35. The molecule has 17 heavy (non-hydrogen) atoms. The highest BCUT2D eigenvalue weighted by Gasteiger charge is 2.15. The van der Waals surface area contributed by atoms with Crippen molar-refractivity contribution in [3.8, 4) is 5.75 Å². The van der Waals surface area contributed by atoms with Crippen LogP contribution < -0.4 is 10.1 Å². The first kappa shape index (κ1) is 12.4. The summed E-state index contributed by atoms with van der Waals surface area (Å²) in [5, 5.41) is 3.48. The molecule has 0 aliphatic carbocycles. The summed E-state index contributed by atoms with van der Waals surface area (Å²) < 4.78 is 18.9. The van der Waals surface area contributed by atoms with Crippen LogP contribution in [0.2, 0.25) is 0 Å². The first-order valence-corrected chi connectivity index (χ1v) is 6.27. The fourth-order valence-electron chi connectivity index (χ4n) is 2.42. The van der Waals surface area contributed by atoms with E-state index in [4.69, 9.17) is 4.74 Å². The highest BCUT2D eigenvalue weighted by Crippen LogP contribution is 2.24. The third-order valence-electron chi connectivity index (χ3n) is 3.47. The van der Waals surface area contributed by atoms with Crippen LogP contribution >= 0.6 is 0 Å². The molecule has 0 aromatic heterocycles. The van der Waals surface area contributed by atoms with Crippen molar-refractivity contribution in [2.24, 2.45) is 0 Å². The van der Waals surface area contributed by atoms with Gasteiger partial charge in [-0.1, -0.05) is 6.42 Å². The average molecular weight is 237 g/mol. The van der Waals surface area contributed by atoms with Crippen LogP contribution in [0.15, 0.2) is 12.1 Å². The van der Waals surface area contributed by atoms with E-state index in [0.29, 0.717) is 17.4 Å². The zero-order chi connectivity index (χ0) is 12.3. The lowest BCUT2D eigenvalue weighted by Crippen LogP contribution is -2.35. The predicted molar refractivity (Wildman–Crippen MR) is 67.0 cm³/mol. The van der Waals surface area contributed by atoms with Gasteiger partial charge < -0.3 is 10.1 Å². The van der Waals surface area contributed by atoms with Gasteiger partial charge in [-0.3, -0.25) is 0 Å². The molecule has 1 aliphatic rings. The summed E-state index contributed by atoms with van der Waals surface area (Å²) in [4.78, 5) is 0. The zero-order valence-electron chi connectivity index (χ0n) is 10.6. The van der Waals surface area contributed by atoms with E-state index >= 15 is 0 Å². The maximum atomic E-state index is 13.7. The Bertz CT molecular complexity index is 386. The van der Waals surface area contributed by atoms with Crippen LogP contribution in [0.3, 0.4) is 0 Å². The maximum absolute atomic E-state index is 13.7. The summed E-state index contributed by atoms with van der Waals surface area (Å²) in [6.45, 7) is 2.83. The van der Waals surface area contributed by atoms with Crippen LogP contribution in [0.5, 0.6) is 5.75 Å². The largest absolute Gasteiger partial charge is 0.496 e. The number of ether oxygens (including phenoxy) is 1. The number of hydrogen-bond acceptors (Lipinski definition) is 2. The molecule has 3 heteroatoms. The molecule has 2 rings (SSSR count). The minimum absolute atomic E-state index is 0.171. The number of halogens is 1. The summed E-state index contributed by atoms with van der Waals surface area (Å²) in [6, 6.07) is 4.07. The molecule has 2 nitrogen and oxygen atoms in total. The molecule has 1 heterocycles. The first-order chi connectivity index (χ1) is 8.20. The smallest absolute Gasteiger partial charge is 0.130 e. The Hall–Kier alpha value is -1.09. The number of rotatable bonds is 3. The monoisotopic (exact) mass is 237 g/mol. The van der Waals surface area contributed by atoms with Gasteiger partial charge in [0.15, 0.2) is 0 Å². The molecule has 0 radical (unpaired) electrons. The fraction of sp³-hybridized carbons (Fsp3) is 0.571. The third kappa shape index (κ3) is 2.97. The molecule has 1 aliphatic heterocycles. The van der Waals surface area contributed by atoms with Crippen LogP contribution in [0.25, 0.3) is 0 Å². The van der Waals surface area contributed by atoms with E-state index in [9.17, 15) is 4.39 Å². The molecule has 1 aromatic rings. The van der Waals surface area contributed by atoms with Gasteiger partial charge in [0.1, 0.15) is 11.6 Å². The SMILES string of the molecule is COc1cc(CC2CCCCN2)cc(F)c1C. The van der Waals surface area contributed by atoms with E-state index in [1.54, 1.807) is 20.1 Å². The number of nitrogens with one attached hydrogen (secondary N) is 1. The van der Waals surface area contributed by atoms with Crippen molar-refractivity contribution in [3.05, 3.63) is 29.1 Å². The number of benzene rings is 1. The van der Waals surface area contributed by atoms with Crippen molar-refractivity contribution in [2.45, 2.75) is 38.6 Å². The van der Waals surface area contributed by atoms with Gasteiger partial charge in [0.2, 0.25) is 0 Å². The van der Waals surface area contributed by atoms with Gasteiger partial charge in [-0.15, -0.1) is 0 Å². The van der Waals surface area contributed by atoms with Crippen LogP contribution in [0.4, 0.5) is 4.39 Å². The second kappa shape index (κ2) is 5.50. The van der Waals surface area contributed by atoms with Crippen LogP contribution in [0, 0.1) is 12.7 Å². The molecular formula is C14H20FNO. The van der Waals surface area contributed by atoms with Crippen molar-refractivity contribution in [1.82, 2.24) is 5.32 Å². The molecule has 0 bridgehead atoms. The number of methoxy groups -OCH3 is 1. The summed E-state index contributed by atoms with van der Waals surface area (Å²) >= 11 is 0. The summed E-state index contributed by atoms with van der Waals surface area (Å²) in [7, 11) is 1.59. The normalized spacial score (nSPS) is 20.3. The molecule has 1 unspecified atom stereocenters. The quantitative estimate of drug-likeness (QED) is 0.872. The third-order valence-corrected chi connectivity index (χ3v) is 3.47. The second-order valence-corrected chi connectivity index (χ2v) is 4.76. The van der Waals surface area contributed by atoms with Crippen LogP contribution in [-0.4, -0.2) is 19.7 Å². The van der Waals surface area contributed by atoms with Gasteiger partial charge in [0.05, 0.1) is 7.11 Å². The lowest BCUT2D eigenvalue weighted by atomic mass is 9.97. The Morgan fingerprint density at radius 2 is 2.24 bits per heavy atom. The Morgan fingerprint density at radius 3 is 2.88 bits per heavy atom. The summed E-state index contributed by atoms with van der Waals surface area (Å²) in [6.07, 6.45) is 4.58. The highest BCUT2D eigenvalue weighted by atomic mass is 19.1. The van der Waals surface area contributed by atoms with Gasteiger partial charge in [-0.05, 0) is 50.4 Å². The molecule has 0 saturated carbocycles. The van der Waals surface area contributed by atoms with E-state index in [-0.39, 0.29) is 5.82 Å². The number of hydrogen-bond donors (Lipinski definition) is 1. The zero-order valence-corrected chi connectivity index (χ0v) is 10.6. The van der Waals surface area contributed by atoms with Crippen molar-refractivity contribution >= 4 is 0 Å². The van der Waals surface area contributed by atoms with E-state index < -0.39 is 0 Å². The molecular weight excluding hydrogens is 217 g/mol. The van der Waals surface area contributed by atoms with E-state index in [0.717, 1.165) is 18.5 Å². The van der Waals surface area contributed by atoms with Crippen molar-refractivity contribution in [1.29, 1.82) is 0 Å². The van der Waals surface area contributed by atoms with Crippen molar-refractivity contribution < 1.29 is 9.13 Å². The van der Waals surface area contributed by atoms with Crippen molar-refractivity contribution in [2.75, 3.05) is 13.7 Å². The van der Waals surface area contributed by atoms with E-state index in [1.807, 2.05) is 6.07 Å². The van der Waals surface area contributed by atoms with Gasteiger partial charge in [0.25, 0.3) is 0 Å². The lowest BCUT2D eigenvalue weighted by molar-refractivity contribution is 0.393. The molecule has 0 amide bonds. The Morgan fingerprint density at radius 1 is 1.41 bits per heavy atom. The van der Waals surface area contributed by atoms with Gasteiger partial charge in [0, 0.05) is 11.6 Å².